The molecule has 0 aliphatic rings. The van der Waals surface area contributed by atoms with E-state index >= 15 is 0 Å². The lowest BCUT2D eigenvalue weighted by molar-refractivity contribution is -0.145. The Kier molecular flexibility index (Phi) is 5.45. The van der Waals surface area contributed by atoms with Crippen LogP contribution in [0.5, 0.6) is 0 Å². The summed E-state index contributed by atoms with van der Waals surface area (Å²) in [4.78, 5) is 36.7. The van der Waals surface area contributed by atoms with E-state index in [2.05, 4.69) is 15.6 Å². The predicted octanol–water partition coefficient (Wildman–Crippen LogP) is 0.117. The van der Waals surface area contributed by atoms with Crippen molar-refractivity contribution in [3.05, 3.63) is 29.6 Å². The van der Waals surface area contributed by atoms with E-state index < -0.39 is 30.4 Å². The fraction of sp³-hybridized carbons (Fsp3) is 0.333. The molecule has 1 aromatic rings. The number of aromatic nitrogens is 1. The van der Waals surface area contributed by atoms with Crippen LogP contribution in [0.15, 0.2) is 18.5 Å². The lowest BCUT2D eigenvalue weighted by Gasteiger charge is -2.13. The third kappa shape index (κ3) is 4.92. The van der Waals surface area contributed by atoms with Crippen molar-refractivity contribution in [1.82, 2.24) is 15.6 Å². The van der Waals surface area contributed by atoms with Crippen LogP contribution < -0.4 is 10.6 Å². The number of carbonyl (C=O) groups excluding carboxylic acids is 1. The molecular weight excluding hydrogens is 266 g/mol. The zero-order valence-corrected chi connectivity index (χ0v) is 10.8. The van der Waals surface area contributed by atoms with E-state index in [1.54, 1.807) is 18.5 Å². The van der Waals surface area contributed by atoms with Gasteiger partial charge in [0.2, 0.25) is 0 Å². The van der Waals surface area contributed by atoms with Crippen LogP contribution in [0.4, 0.5) is 4.79 Å². The Bertz CT molecular complexity index is 518. The Morgan fingerprint density at radius 1 is 1.35 bits per heavy atom. The van der Waals surface area contributed by atoms with Crippen LogP contribution in [0.2, 0.25) is 0 Å². The van der Waals surface area contributed by atoms with E-state index in [4.69, 9.17) is 10.2 Å². The van der Waals surface area contributed by atoms with E-state index in [1.165, 1.54) is 0 Å². The summed E-state index contributed by atoms with van der Waals surface area (Å²) in [6.07, 6.45) is 2.53. The van der Waals surface area contributed by atoms with Gasteiger partial charge in [-0.3, -0.25) is 9.78 Å². The normalized spacial score (nSPS) is 11.4. The molecule has 1 heterocycles. The zero-order chi connectivity index (χ0) is 15.1. The molecule has 0 aromatic carbocycles. The maximum Gasteiger partial charge on any atom is 0.326 e. The molecule has 0 spiro atoms. The van der Waals surface area contributed by atoms with Gasteiger partial charge in [-0.25, -0.2) is 9.59 Å². The number of pyridine rings is 1. The summed E-state index contributed by atoms with van der Waals surface area (Å²) in [5.41, 5.74) is 1.72. The number of nitrogens with zero attached hydrogens (tertiary/aromatic N) is 1. The van der Waals surface area contributed by atoms with Gasteiger partial charge in [0.05, 0.1) is 6.42 Å². The summed E-state index contributed by atoms with van der Waals surface area (Å²) in [6.45, 7) is 2.02. The molecule has 108 valence electrons. The van der Waals surface area contributed by atoms with Gasteiger partial charge in [-0.05, 0) is 24.1 Å². The van der Waals surface area contributed by atoms with Gasteiger partial charge in [0.25, 0.3) is 0 Å². The van der Waals surface area contributed by atoms with E-state index in [0.29, 0.717) is 0 Å². The minimum atomic E-state index is -1.47. The highest BCUT2D eigenvalue weighted by Gasteiger charge is 2.22. The minimum Gasteiger partial charge on any atom is -0.481 e. The Morgan fingerprint density at radius 2 is 2.05 bits per heavy atom. The van der Waals surface area contributed by atoms with Gasteiger partial charge in [0, 0.05) is 18.9 Å². The van der Waals surface area contributed by atoms with Gasteiger partial charge in [-0.15, -0.1) is 0 Å². The molecule has 8 heteroatoms. The highest BCUT2D eigenvalue weighted by Crippen LogP contribution is 2.04. The second-order valence-corrected chi connectivity index (χ2v) is 4.12. The molecule has 1 aromatic heterocycles. The minimum absolute atomic E-state index is 0.194. The molecular formula is C12H15N3O5. The highest BCUT2D eigenvalue weighted by atomic mass is 16.4. The first-order valence-corrected chi connectivity index (χ1v) is 5.78. The maximum atomic E-state index is 11.5. The summed E-state index contributed by atoms with van der Waals surface area (Å²) in [5, 5.41) is 21.9. The molecule has 1 rings (SSSR count). The molecule has 4 N–H and O–H groups in total. The number of hydrogen-bond acceptors (Lipinski definition) is 4. The van der Waals surface area contributed by atoms with Crippen LogP contribution >= 0.6 is 0 Å². The van der Waals surface area contributed by atoms with Gasteiger partial charge < -0.3 is 20.8 Å². The summed E-state index contributed by atoms with van der Waals surface area (Å²) in [6, 6.07) is -0.484. The molecule has 1 unspecified atom stereocenters. The van der Waals surface area contributed by atoms with Crippen LogP contribution in [0.3, 0.4) is 0 Å². The maximum absolute atomic E-state index is 11.5. The van der Waals surface area contributed by atoms with Crippen molar-refractivity contribution in [2.24, 2.45) is 0 Å². The van der Waals surface area contributed by atoms with E-state index in [1.807, 2.05) is 6.92 Å². The van der Waals surface area contributed by atoms with Crippen molar-refractivity contribution < 1.29 is 24.6 Å². The van der Waals surface area contributed by atoms with Gasteiger partial charge in [-0.2, -0.15) is 0 Å². The number of hydrogen-bond donors (Lipinski definition) is 4. The number of aryl methyl sites for hydroxylation is 1. The Labute approximate surface area is 114 Å². The first kappa shape index (κ1) is 15.4. The smallest absolute Gasteiger partial charge is 0.326 e. The number of rotatable bonds is 6. The van der Waals surface area contributed by atoms with E-state index in [9.17, 15) is 14.4 Å². The molecule has 0 fully saturated rings. The number of carboxylic acid groups (broad SMARTS) is 2. The van der Waals surface area contributed by atoms with Gasteiger partial charge in [0.1, 0.15) is 6.04 Å². The lowest BCUT2D eigenvalue weighted by Crippen LogP contribution is -2.46. The molecule has 20 heavy (non-hydrogen) atoms. The first-order chi connectivity index (χ1) is 9.40. The van der Waals surface area contributed by atoms with Crippen molar-refractivity contribution in [2.45, 2.75) is 25.9 Å². The SMILES string of the molecule is Cc1cnccc1CNC(=O)NC(CC(=O)O)C(=O)O. The summed E-state index contributed by atoms with van der Waals surface area (Å²) in [5.74, 6) is -2.70. The lowest BCUT2D eigenvalue weighted by atomic mass is 10.1. The molecule has 2 amide bonds. The molecule has 0 saturated carbocycles. The van der Waals surface area contributed by atoms with Crippen molar-refractivity contribution >= 4 is 18.0 Å². The van der Waals surface area contributed by atoms with Crippen LogP contribution in [-0.2, 0) is 16.1 Å². The van der Waals surface area contributed by atoms with Gasteiger partial charge in [0.15, 0.2) is 0 Å². The number of amides is 2. The molecule has 0 radical (unpaired) electrons. The van der Waals surface area contributed by atoms with Crippen LogP contribution in [0.1, 0.15) is 17.5 Å². The first-order valence-electron chi connectivity index (χ1n) is 5.78. The van der Waals surface area contributed by atoms with Crippen molar-refractivity contribution in [2.75, 3.05) is 0 Å². The highest BCUT2D eigenvalue weighted by molar-refractivity contribution is 5.86. The number of carboxylic acids is 2. The van der Waals surface area contributed by atoms with E-state index in [0.717, 1.165) is 11.1 Å². The van der Waals surface area contributed by atoms with Crippen molar-refractivity contribution in [3.63, 3.8) is 0 Å². The summed E-state index contributed by atoms with van der Waals surface area (Å²) >= 11 is 0. The van der Waals surface area contributed by atoms with Crippen molar-refractivity contribution in [1.29, 1.82) is 0 Å². The average molecular weight is 281 g/mol. The fourth-order valence-electron chi connectivity index (χ4n) is 1.46. The molecule has 0 aliphatic carbocycles. The molecule has 0 aliphatic heterocycles. The second-order valence-electron chi connectivity index (χ2n) is 4.12. The average Bonchev–Trinajstić information content (AvgIpc) is 2.36. The van der Waals surface area contributed by atoms with Crippen LogP contribution in [0.25, 0.3) is 0 Å². The Balaban J connectivity index is 2.52. The molecule has 1 atom stereocenters. The fourth-order valence-corrected chi connectivity index (χ4v) is 1.46. The predicted molar refractivity (Wildman–Crippen MR) is 68.0 cm³/mol. The third-order valence-corrected chi connectivity index (χ3v) is 2.56. The second kappa shape index (κ2) is 7.07. The quantitative estimate of drug-likeness (QED) is 0.586. The molecule has 8 nitrogen and oxygen atoms in total. The Morgan fingerprint density at radius 3 is 2.60 bits per heavy atom. The number of aliphatic carboxylic acids is 2. The van der Waals surface area contributed by atoms with Gasteiger partial charge >= 0.3 is 18.0 Å². The largest absolute Gasteiger partial charge is 0.481 e. The third-order valence-electron chi connectivity index (χ3n) is 2.56. The van der Waals surface area contributed by atoms with Crippen molar-refractivity contribution in [3.8, 4) is 0 Å². The van der Waals surface area contributed by atoms with Crippen LogP contribution in [0, 0.1) is 6.92 Å². The summed E-state index contributed by atoms with van der Waals surface area (Å²) < 4.78 is 0. The van der Waals surface area contributed by atoms with Crippen LogP contribution in [-0.4, -0.2) is 39.2 Å². The Hall–Kier alpha value is -2.64. The van der Waals surface area contributed by atoms with E-state index in [-0.39, 0.29) is 6.54 Å². The topological polar surface area (TPSA) is 129 Å². The monoisotopic (exact) mass is 281 g/mol. The van der Waals surface area contributed by atoms with Gasteiger partial charge in [-0.1, -0.05) is 0 Å². The number of nitrogens with one attached hydrogen (secondary N) is 2. The number of carbonyl (C=O) groups is 3. The molecule has 0 saturated heterocycles. The molecule has 0 bridgehead atoms. The zero-order valence-electron chi connectivity index (χ0n) is 10.8. The standard InChI is InChI=1S/C12H15N3O5/c1-7-5-13-3-2-8(7)6-14-12(20)15-9(11(18)19)4-10(16)17/h2-3,5,9H,4,6H2,1H3,(H,16,17)(H,18,19)(H2,14,15,20). The number of urea groups is 1. The summed E-state index contributed by atoms with van der Waals surface area (Å²) in [7, 11) is 0.